The molecule has 3 rings (SSSR count). The maximum absolute atomic E-state index is 13.0. The number of aryl methyl sites for hydroxylation is 1. The Morgan fingerprint density at radius 2 is 2.12 bits per heavy atom. The Hall–Kier alpha value is -2.47. The predicted molar refractivity (Wildman–Crippen MR) is 87.3 cm³/mol. The van der Waals surface area contributed by atoms with E-state index >= 15 is 0 Å². The quantitative estimate of drug-likeness (QED) is 0.904. The van der Waals surface area contributed by atoms with Gasteiger partial charge in [-0.25, -0.2) is 4.39 Å². The SMILES string of the molecule is Cc1cc(=O)c(C(=O)NC[C@@H]2CCO[C@H]2c2ccc(F)cc2)c[nH]1. The largest absolute Gasteiger partial charge is 0.373 e. The number of hydrogen-bond acceptors (Lipinski definition) is 3. The molecule has 1 fully saturated rings. The number of halogens is 1. The first-order chi connectivity index (χ1) is 11.5. The molecular weight excluding hydrogens is 311 g/mol. The highest BCUT2D eigenvalue weighted by Gasteiger charge is 2.30. The van der Waals surface area contributed by atoms with Gasteiger partial charge in [0.05, 0.1) is 6.10 Å². The third kappa shape index (κ3) is 3.54. The summed E-state index contributed by atoms with van der Waals surface area (Å²) < 4.78 is 18.8. The van der Waals surface area contributed by atoms with Crippen molar-refractivity contribution >= 4 is 5.91 Å². The van der Waals surface area contributed by atoms with E-state index in [0.29, 0.717) is 18.8 Å². The molecule has 2 N–H and O–H groups in total. The van der Waals surface area contributed by atoms with Gasteiger partial charge in [0.1, 0.15) is 11.4 Å². The molecule has 0 unspecified atom stereocenters. The average Bonchev–Trinajstić information content (AvgIpc) is 3.02. The van der Waals surface area contributed by atoms with Crippen LogP contribution >= 0.6 is 0 Å². The topological polar surface area (TPSA) is 71.2 Å². The highest BCUT2D eigenvalue weighted by atomic mass is 19.1. The van der Waals surface area contributed by atoms with Gasteiger partial charge >= 0.3 is 0 Å². The fourth-order valence-electron chi connectivity index (χ4n) is 2.93. The Bertz CT molecular complexity index is 786. The second-order valence-corrected chi connectivity index (χ2v) is 6.00. The predicted octanol–water partition coefficient (Wildman–Crippen LogP) is 2.33. The molecule has 0 bridgehead atoms. The minimum Gasteiger partial charge on any atom is -0.373 e. The van der Waals surface area contributed by atoms with Crippen LogP contribution in [0.1, 0.15) is 34.1 Å². The number of H-pyrrole nitrogens is 1. The van der Waals surface area contributed by atoms with Crippen LogP contribution in [0.3, 0.4) is 0 Å². The second-order valence-electron chi connectivity index (χ2n) is 6.00. The zero-order valence-electron chi connectivity index (χ0n) is 13.3. The van der Waals surface area contributed by atoms with E-state index in [2.05, 4.69) is 10.3 Å². The minimum absolute atomic E-state index is 0.0870. The van der Waals surface area contributed by atoms with Gasteiger partial charge in [-0.15, -0.1) is 0 Å². The Morgan fingerprint density at radius 1 is 1.38 bits per heavy atom. The number of nitrogens with one attached hydrogen (secondary N) is 2. The molecular formula is C18H19FN2O3. The van der Waals surface area contributed by atoms with Gasteiger partial charge in [0.2, 0.25) is 0 Å². The van der Waals surface area contributed by atoms with Crippen molar-refractivity contribution in [2.45, 2.75) is 19.4 Å². The van der Waals surface area contributed by atoms with E-state index in [4.69, 9.17) is 4.74 Å². The maximum atomic E-state index is 13.0. The van der Waals surface area contributed by atoms with Gasteiger partial charge < -0.3 is 15.0 Å². The number of rotatable bonds is 4. The first-order valence-corrected chi connectivity index (χ1v) is 7.89. The van der Waals surface area contributed by atoms with Crippen LogP contribution in [0.15, 0.2) is 41.3 Å². The molecule has 6 heteroatoms. The highest BCUT2D eigenvalue weighted by Crippen LogP contribution is 2.34. The van der Waals surface area contributed by atoms with Gasteiger partial charge in [0.25, 0.3) is 5.91 Å². The van der Waals surface area contributed by atoms with Crippen molar-refractivity contribution in [3.63, 3.8) is 0 Å². The maximum Gasteiger partial charge on any atom is 0.256 e. The highest BCUT2D eigenvalue weighted by molar-refractivity contribution is 5.93. The lowest BCUT2D eigenvalue weighted by Crippen LogP contribution is -2.33. The van der Waals surface area contributed by atoms with Crippen molar-refractivity contribution in [1.29, 1.82) is 0 Å². The molecule has 0 radical (unpaired) electrons. The van der Waals surface area contributed by atoms with Crippen LogP contribution in [0, 0.1) is 18.7 Å². The van der Waals surface area contributed by atoms with Crippen molar-refractivity contribution < 1.29 is 13.9 Å². The number of hydrogen-bond donors (Lipinski definition) is 2. The number of carbonyl (C=O) groups excluding carboxylic acids is 1. The zero-order valence-corrected chi connectivity index (χ0v) is 13.3. The molecule has 0 saturated carbocycles. The number of carbonyl (C=O) groups is 1. The number of pyridine rings is 1. The van der Waals surface area contributed by atoms with Crippen LogP contribution in [-0.4, -0.2) is 24.0 Å². The lowest BCUT2D eigenvalue weighted by molar-refractivity contribution is 0.0845. The Labute approximate surface area is 138 Å². The van der Waals surface area contributed by atoms with Crippen LogP contribution < -0.4 is 10.7 Å². The fraction of sp³-hybridized carbons (Fsp3) is 0.333. The Balaban J connectivity index is 1.66. The molecule has 24 heavy (non-hydrogen) atoms. The van der Waals surface area contributed by atoms with E-state index in [9.17, 15) is 14.0 Å². The number of aromatic nitrogens is 1. The van der Waals surface area contributed by atoms with Gasteiger partial charge in [-0.2, -0.15) is 0 Å². The molecule has 1 aliphatic heterocycles. The molecule has 2 heterocycles. The lowest BCUT2D eigenvalue weighted by atomic mass is 9.95. The summed E-state index contributed by atoms with van der Waals surface area (Å²) in [7, 11) is 0. The minimum atomic E-state index is -0.402. The standard InChI is InChI=1S/C18H19FN2O3/c1-11-8-16(22)15(10-20-11)18(23)21-9-13-6-7-24-17(13)12-2-4-14(19)5-3-12/h2-5,8,10,13,17H,6-7,9H2,1H3,(H,20,22)(H,21,23)/t13-,17-/m0/s1. The molecule has 1 amide bonds. The molecule has 1 aromatic heterocycles. The summed E-state index contributed by atoms with van der Waals surface area (Å²) in [6.07, 6.45) is 2.05. The summed E-state index contributed by atoms with van der Waals surface area (Å²) in [5.74, 6) is -0.606. The molecule has 1 saturated heterocycles. The lowest BCUT2D eigenvalue weighted by Gasteiger charge is -2.19. The second kappa shape index (κ2) is 6.97. The van der Waals surface area contributed by atoms with Crippen molar-refractivity contribution in [3.05, 3.63) is 69.4 Å². The van der Waals surface area contributed by atoms with Gasteiger partial charge in [-0.05, 0) is 31.0 Å². The van der Waals surface area contributed by atoms with Crippen LogP contribution in [-0.2, 0) is 4.74 Å². The molecule has 1 aliphatic rings. The van der Waals surface area contributed by atoms with E-state index < -0.39 is 5.91 Å². The van der Waals surface area contributed by atoms with Gasteiger partial charge in [-0.1, -0.05) is 12.1 Å². The molecule has 1 aromatic carbocycles. The summed E-state index contributed by atoms with van der Waals surface area (Å²) in [6.45, 7) is 2.74. The number of aromatic amines is 1. The molecule has 5 nitrogen and oxygen atoms in total. The summed E-state index contributed by atoms with van der Waals surface area (Å²) >= 11 is 0. The van der Waals surface area contributed by atoms with Crippen LogP contribution in [0.25, 0.3) is 0 Å². The van der Waals surface area contributed by atoms with Crippen molar-refractivity contribution in [2.75, 3.05) is 13.2 Å². The third-order valence-electron chi connectivity index (χ3n) is 4.24. The molecule has 2 aromatic rings. The van der Waals surface area contributed by atoms with Crippen LogP contribution in [0.4, 0.5) is 4.39 Å². The third-order valence-corrected chi connectivity index (χ3v) is 4.24. The average molecular weight is 330 g/mol. The number of ether oxygens (including phenoxy) is 1. The van der Waals surface area contributed by atoms with E-state index in [0.717, 1.165) is 12.0 Å². The monoisotopic (exact) mass is 330 g/mol. The number of amides is 1. The van der Waals surface area contributed by atoms with Crippen molar-refractivity contribution in [1.82, 2.24) is 10.3 Å². The van der Waals surface area contributed by atoms with Crippen molar-refractivity contribution in [3.8, 4) is 0 Å². The first kappa shape index (κ1) is 16.4. The molecule has 0 spiro atoms. The summed E-state index contributed by atoms with van der Waals surface area (Å²) in [6, 6.07) is 7.60. The summed E-state index contributed by atoms with van der Waals surface area (Å²) in [5, 5.41) is 2.80. The van der Waals surface area contributed by atoms with E-state index in [-0.39, 0.29) is 28.8 Å². The molecule has 0 aliphatic carbocycles. The van der Waals surface area contributed by atoms with Gasteiger partial charge in [-0.3, -0.25) is 9.59 Å². The van der Waals surface area contributed by atoms with Crippen LogP contribution in [0.5, 0.6) is 0 Å². The van der Waals surface area contributed by atoms with Crippen LogP contribution in [0.2, 0.25) is 0 Å². The fourth-order valence-corrected chi connectivity index (χ4v) is 2.93. The van der Waals surface area contributed by atoms with E-state index in [1.807, 2.05) is 0 Å². The van der Waals surface area contributed by atoms with E-state index in [1.165, 1.54) is 24.4 Å². The zero-order chi connectivity index (χ0) is 17.1. The first-order valence-electron chi connectivity index (χ1n) is 7.89. The normalized spacial score (nSPS) is 20.1. The molecule has 2 atom stereocenters. The number of benzene rings is 1. The summed E-state index contributed by atoms with van der Waals surface area (Å²) in [5.41, 5.74) is 1.39. The summed E-state index contributed by atoms with van der Waals surface area (Å²) in [4.78, 5) is 26.9. The van der Waals surface area contributed by atoms with Gasteiger partial charge in [0.15, 0.2) is 5.43 Å². The van der Waals surface area contributed by atoms with E-state index in [1.54, 1.807) is 19.1 Å². The Kier molecular flexibility index (Phi) is 4.76. The Morgan fingerprint density at radius 3 is 2.83 bits per heavy atom. The van der Waals surface area contributed by atoms with Crippen molar-refractivity contribution in [2.24, 2.45) is 5.92 Å². The smallest absolute Gasteiger partial charge is 0.256 e. The molecule has 126 valence electrons. The van der Waals surface area contributed by atoms with Gasteiger partial charge in [0, 0.05) is 37.0 Å².